The van der Waals surface area contributed by atoms with E-state index in [9.17, 15) is 20.1 Å². The minimum Gasteiger partial charge on any atom is -0.461 e. The SMILES string of the molecule is CCOC(=O)c1[nH]c(CC(C)N)c(-c2ccc(CO)c(CO)c2CO)c1Cl. The summed E-state index contributed by atoms with van der Waals surface area (Å²) < 4.78 is 5.05. The number of rotatable bonds is 8. The first-order chi connectivity index (χ1) is 12.9. The third-order valence-electron chi connectivity index (χ3n) is 4.31. The van der Waals surface area contributed by atoms with Crippen LogP contribution in [0.3, 0.4) is 0 Å². The first-order valence-electron chi connectivity index (χ1n) is 8.69. The second-order valence-electron chi connectivity index (χ2n) is 6.27. The molecular weight excluding hydrogens is 372 g/mol. The number of esters is 1. The molecule has 2 rings (SSSR count). The van der Waals surface area contributed by atoms with Gasteiger partial charge in [0, 0.05) is 23.7 Å². The molecule has 7 nitrogen and oxygen atoms in total. The molecule has 148 valence electrons. The van der Waals surface area contributed by atoms with Crippen LogP contribution in [0.4, 0.5) is 0 Å². The number of nitrogens with one attached hydrogen (secondary N) is 1. The molecule has 2 aromatic rings. The van der Waals surface area contributed by atoms with Crippen LogP contribution >= 0.6 is 11.6 Å². The summed E-state index contributed by atoms with van der Waals surface area (Å²) in [6.45, 7) is 2.73. The maximum Gasteiger partial charge on any atom is 0.356 e. The average molecular weight is 397 g/mol. The van der Waals surface area contributed by atoms with Crippen molar-refractivity contribution in [3.05, 3.63) is 45.2 Å². The molecule has 0 aliphatic heterocycles. The molecule has 1 unspecified atom stereocenters. The van der Waals surface area contributed by atoms with E-state index in [0.29, 0.717) is 39.9 Å². The van der Waals surface area contributed by atoms with Gasteiger partial charge in [0.1, 0.15) is 5.69 Å². The Balaban J connectivity index is 2.75. The van der Waals surface area contributed by atoms with Gasteiger partial charge < -0.3 is 30.8 Å². The van der Waals surface area contributed by atoms with Crippen molar-refractivity contribution >= 4 is 17.6 Å². The molecule has 0 aliphatic rings. The Morgan fingerprint density at radius 1 is 1.22 bits per heavy atom. The highest BCUT2D eigenvalue weighted by molar-refractivity contribution is 6.36. The van der Waals surface area contributed by atoms with Gasteiger partial charge in [0.2, 0.25) is 0 Å². The monoisotopic (exact) mass is 396 g/mol. The lowest BCUT2D eigenvalue weighted by molar-refractivity contribution is 0.0520. The number of ether oxygens (including phenoxy) is 1. The Morgan fingerprint density at radius 2 is 1.89 bits per heavy atom. The maximum absolute atomic E-state index is 12.2. The molecule has 0 radical (unpaired) electrons. The van der Waals surface area contributed by atoms with Crippen molar-refractivity contribution in [2.45, 2.75) is 46.1 Å². The number of nitrogens with two attached hydrogens (primary N) is 1. The van der Waals surface area contributed by atoms with Crippen molar-refractivity contribution in [3.8, 4) is 11.1 Å². The van der Waals surface area contributed by atoms with Gasteiger partial charge in [-0.1, -0.05) is 23.7 Å². The number of halogens is 1. The molecule has 8 heteroatoms. The van der Waals surface area contributed by atoms with Crippen molar-refractivity contribution < 1.29 is 24.9 Å². The number of carbonyl (C=O) groups is 1. The van der Waals surface area contributed by atoms with Gasteiger partial charge >= 0.3 is 5.97 Å². The van der Waals surface area contributed by atoms with Crippen LogP contribution in [0, 0.1) is 0 Å². The molecule has 0 saturated heterocycles. The molecule has 1 heterocycles. The largest absolute Gasteiger partial charge is 0.461 e. The fourth-order valence-corrected chi connectivity index (χ4v) is 3.47. The molecule has 0 amide bonds. The first-order valence-corrected chi connectivity index (χ1v) is 9.06. The molecule has 0 fully saturated rings. The van der Waals surface area contributed by atoms with Crippen molar-refractivity contribution in [2.75, 3.05) is 6.61 Å². The van der Waals surface area contributed by atoms with Crippen LogP contribution < -0.4 is 5.73 Å². The van der Waals surface area contributed by atoms with Crippen LogP contribution in [0.1, 0.15) is 46.7 Å². The Kier molecular flexibility index (Phi) is 7.41. The van der Waals surface area contributed by atoms with Crippen molar-refractivity contribution in [1.82, 2.24) is 4.98 Å². The number of hydrogen-bond acceptors (Lipinski definition) is 6. The zero-order valence-electron chi connectivity index (χ0n) is 15.4. The number of hydrogen-bond donors (Lipinski definition) is 5. The van der Waals surface area contributed by atoms with E-state index in [4.69, 9.17) is 22.1 Å². The summed E-state index contributed by atoms with van der Waals surface area (Å²) in [4.78, 5) is 15.2. The lowest BCUT2D eigenvalue weighted by Crippen LogP contribution is -2.18. The van der Waals surface area contributed by atoms with Gasteiger partial charge in [-0.15, -0.1) is 0 Å². The number of aromatic nitrogens is 1. The van der Waals surface area contributed by atoms with Crippen molar-refractivity contribution in [3.63, 3.8) is 0 Å². The summed E-state index contributed by atoms with van der Waals surface area (Å²) in [5.41, 5.74) is 9.15. The smallest absolute Gasteiger partial charge is 0.356 e. The molecule has 0 aliphatic carbocycles. The van der Waals surface area contributed by atoms with E-state index in [0.717, 1.165) is 0 Å². The highest BCUT2D eigenvalue weighted by atomic mass is 35.5. The molecule has 27 heavy (non-hydrogen) atoms. The van der Waals surface area contributed by atoms with Gasteiger partial charge in [-0.2, -0.15) is 0 Å². The standard InChI is InChI=1S/C19H25ClN2O5/c1-3-27-19(26)18-17(20)16(15(22-18)6-10(2)21)12-5-4-11(7-23)13(8-24)14(12)9-25/h4-5,10,22-25H,3,6-9,21H2,1-2H3. The van der Waals surface area contributed by atoms with E-state index < -0.39 is 5.97 Å². The average Bonchev–Trinajstić information content (AvgIpc) is 2.95. The summed E-state index contributed by atoms with van der Waals surface area (Å²) in [5, 5.41) is 29.3. The van der Waals surface area contributed by atoms with Crippen molar-refractivity contribution in [1.29, 1.82) is 0 Å². The molecule has 0 saturated carbocycles. The third-order valence-corrected chi connectivity index (χ3v) is 4.68. The normalized spacial score (nSPS) is 12.3. The highest BCUT2D eigenvalue weighted by Crippen LogP contribution is 2.39. The van der Waals surface area contributed by atoms with Gasteiger partial charge in [0.15, 0.2) is 0 Å². The van der Waals surface area contributed by atoms with Gasteiger partial charge in [0.05, 0.1) is 31.5 Å². The summed E-state index contributed by atoms with van der Waals surface area (Å²) >= 11 is 6.51. The van der Waals surface area contributed by atoms with Crippen LogP contribution in [0.15, 0.2) is 12.1 Å². The number of aliphatic hydroxyl groups excluding tert-OH is 3. The molecule has 1 aromatic heterocycles. The Hall–Kier alpha value is -1.90. The summed E-state index contributed by atoms with van der Waals surface area (Å²) in [7, 11) is 0. The van der Waals surface area contributed by atoms with Gasteiger partial charge in [-0.3, -0.25) is 0 Å². The molecule has 1 aromatic carbocycles. The Morgan fingerprint density at radius 3 is 2.41 bits per heavy atom. The molecule has 6 N–H and O–H groups in total. The number of carbonyl (C=O) groups excluding carboxylic acids is 1. The third kappa shape index (κ3) is 4.34. The zero-order chi connectivity index (χ0) is 20.1. The van der Waals surface area contributed by atoms with E-state index in [-0.39, 0.29) is 43.2 Å². The van der Waals surface area contributed by atoms with E-state index in [1.165, 1.54) is 0 Å². The van der Waals surface area contributed by atoms with Crippen molar-refractivity contribution in [2.24, 2.45) is 5.73 Å². The van der Waals surface area contributed by atoms with Crippen LogP contribution in [-0.2, 0) is 31.0 Å². The Bertz CT molecular complexity index is 817. The second-order valence-corrected chi connectivity index (χ2v) is 6.65. The van der Waals surface area contributed by atoms with Gasteiger partial charge in [0.25, 0.3) is 0 Å². The van der Waals surface area contributed by atoms with E-state index in [2.05, 4.69) is 4.98 Å². The fourth-order valence-electron chi connectivity index (χ4n) is 3.13. The second kappa shape index (κ2) is 9.34. The quantitative estimate of drug-likeness (QED) is 0.433. The summed E-state index contributed by atoms with van der Waals surface area (Å²) in [6, 6.07) is 3.15. The summed E-state index contributed by atoms with van der Waals surface area (Å²) in [6.07, 6.45) is 0.412. The van der Waals surface area contributed by atoms with Gasteiger partial charge in [-0.25, -0.2) is 4.79 Å². The molecular formula is C19H25ClN2O5. The van der Waals surface area contributed by atoms with Crippen LogP contribution in [0.5, 0.6) is 0 Å². The molecule has 1 atom stereocenters. The number of aromatic amines is 1. The van der Waals surface area contributed by atoms with Crippen LogP contribution in [0.25, 0.3) is 11.1 Å². The maximum atomic E-state index is 12.2. The topological polar surface area (TPSA) is 129 Å². The number of benzene rings is 1. The molecule has 0 spiro atoms. The number of aliphatic hydroxyl groups is 3. The summed E-state index contributed by atoms with van der Waals surface area (Å²) in [5.74, 6) is -0.584. The number of H-pyrrole nitrogens is 1. The van der Waals surface area contributed by atoms with Crippen LogP contribution in [0.2, 0.25) is 5.02 Å². The zero-order valence-corrected chi connectivity index (χ0v) is 16.1. The van der Waals surface area contributed by atoms with E-state index in [1.807, 2.05) is 6.92 Å². The van der Waals surface area contributed by atoms with E-state index in [1.54, 1.807) is 19.1 Å². The van der Waals surface area contributed by atoms with Crippen LogP contribution in [-0.4, -0.2) is 38.9 Å². The van der Waals surface area contributed by atoms with Gasteiger partial charge in [-0.05, 0) is 36.1 Å². The predicted octanol–water partition coefficient (Wildman–Crippen LogP) is 1.88. The fraction of sp³-hybridized carbons (Fsp3) is 0.421. The Labute approximate surface area is 162 Å². The predicted molar refractivity (Wildman–Crippen MR) is 102 cm³/mol. The van der Waals surface area contributed by atoms with E-state index >= 15 is 0 Å². The lowest BCUT2D eigenvalue weighted by atomic mass is 9.91. The minimum absolute atomic E-state index is 0.116. The highest BCUT2D eigenvalue weighted by Gasteiger charge is 2.26. The first kappa shape index (κ1) is 21.4. The lowest BCUT2D eigenvalue weighted by Gasteiger charge is -2.17. The minimum atomic E-state index is -0.584. The molecule has 0 bridgehead atoms.